The molecule has 112 valence electrons. The van der Waals surface area contributed by atoms with Crippen LogP contribution in [0.1, 0.15) is 13.8 Å². The topological polar surface area (TPSA) is 80.0 Å². The van der Waals surface area contributed by atoms with E-state index in [9.17, 15) is 0 Å². The molecule has 1 heterocycles. The molecule has 0 aliphatic rings. The van der Waals surface area contributed by atoms with E-state index in [2.05, 4.69) is 34.2 Å². The quantitative estimate of drug-likeness (QED) is 0.624. The lowest BCUT2D eigenvalue weighted by Gasteiger charge is -2.19. The highest BCUT2D eigenvalue weighted by molar-refractivity contribution is 7.99. The summed E-state index contributed by atoms with van der Waals surface area (Å²) in [5.74, 6) is 6.40. The van der Waals surface area contributed by atoms with Gasteiger partial charge in [-0.15, -0.1) is 0 Å². The second kappa shape index (κ2) is 7.44. The minimum Gasteiger partial charge on any atom is -0.341 e. The third kappa shape index (κ3) is 4.20. The van der Waals surface area contributed by atoms with Gasteiger partial charge in [0.1, 0.15) is 0 Å². The second-order valence-electron chi connectivity index (χ2n) is 4.11. The molecule has 6 nitrogen and oxygen atoms in total. The first kappa shape index (κ1) is 15.8. The van der Waals surface area contributed by atoms with Crippen LogP contribution in [0, 0.1) is 0 Å². The van der Waals surface area contributed by atoms with E-state index >= 15 is 0 Å². The van der Waals surface area contributed by atoms with E-state index < -0.39 is 0 Å². The molecule has 0 saturated heterocycles. The molecule has 0 spiro atoms. The summed E-state index contributed by atoms with van der Waals surface area (Å²) in [7, 11) is 0. The number of rotatable bonds is 6. The molecule has 2 aromatic rings. The molecule has 1 aromatic heterocycles. The molecule has 8 heteroatoms. The number of hydrogen-bond donors (Lipinski definition) is 2. The molecule has 0 amide bonds. The summed E-state index contributed by atoms with van der Waals surface area (Å²) in [5, 5.41) is 1.28. The maximum absolute atomic E-state index is 5.88. The van der Waals surface area contributed by atoms with Crippen LogP contribution in [0.3, 0.4) is 0 Å². The fourth-order valence-electron chi connectivity index (χ4n) is 1.71. The van der Waals surface area contributed by atoms with E-state index in [1.54, 1.807) is 0 Å². The van der Waals surface area contributed by atoms with Crippen molar-refractivity contribution in [2.24, 2.45) is 5.84 Å². The van der Waals surface area contributed by atoms with E-state index in [-0.39, 0.29) is 0 Å². The SMILES string of the molecule is CCN(CC)c1nc(NN)nc(Sc2ccc(Cl)cc2)n1. The van der Waals surface area contributed by atoms with Crippen LogP contribution in [0.5, 0.6) is 0 Å². The van der Waals surface area contributed by atoms with Crippen LogP contribution >= 0.6 is 23.4 Å². The number of aromatic nitrogens is 3. The zero-order valence-corrected chi connectivity index (χ0v) is 13.4. The molecule has 0 radical (unpaired) electrons. The van der Waals surface area contributed by atoms with Crippen LogP contribution in [0.4, 0.5) is 11.9 Å². The molecule has 1 aromatic carbocycles. The third-order valence-electron chi connectivity index (χ3n) is 2.80. The van der Waals surface area contributed by atoms with Crippen molar-refractivity contribution in [1.82, 2.24) is 15.0 Å². The Labute approximate surface area is 133 Å². The molecule has 0 aliphatic heterocycles. The van der Waals surface area contributed by atoms with Crippen molar-refractivity contribution in [3.63, 3.8) is 0 Å². The van der Waals surface area contributed by atoms with Crippen molar-refractivity contribution in [3.05, 3.63) is 29.3 Å². The number of hydrazine groups is 1. The van der Waals surface area contributed by atoms with E-state index in [0.717, 1.165) is 18.0 Å². The van der Waals surface area contributed by atoms with E-state index in [1.807, 2.05) is 29.2 Å². The van der Waals surface area contributed by atoms with Crippen molar-refractivity contribution in [1.29, 1.82) is 0 Å². The summed E-state index contributed by atoms with van der Waals surface area (Å²) < 4.78 is 0. The molecule has 3 N–H and O–H groups in total. The van der Waals surface area contributed by atoms with Crippen LogP contribution in [0.2, 0.25) is 5.02 Å². The lowest BCUT2D eigenvalue weighted by atomic mass is 10.4. The summed E-state index contributed by atoms with van der Waals surface area (Å²) in [6.07, 6.45) is 0. The Morgan fingerprint density at radius 3 is 2.38 bits per heavy atom. The first-order valence-corrected chi connectivity index (χ1v) is 7.76. The number of nitrogens with one attached hydrogen (secondary N) is 1. The number of nitrogens with two attached hydrogens (primary N) is 1. The van der Waals surface area contributed by atoms with Gasteiger partial charge in [0.05, 0.1) is 0 Å². The predicted molar refractivity (Wildman–Crippen MR) is 86.8 cm³/mol. The van der Waals surface area contributed by atoms with Gasteiger partial charge in [-0.25, -0.2) is 5.84 Å². The Hall–Kier alpha value is -1.57. The predicted octanol–water partition coefficient (Wildman–Crippen LogP) is 2.81. The summed E-state index contributed by atoms with van der Waals surface area (Å²) in [6, 6.07) is 7.50. The minimum atomic E-state index is 0.350. The van der Waals surface area contributed by atoms with Gasteiger partial charge in [0.2, 0.25) is 11.9 Å². The second-order valence-corrected chi connectivity index (χ2v) is 5.59. The fraction of sp³-hybridized carbons (Fsp3) is 0.308. The first-order valence-electron chi connectivity index (χ1n) is 6.57. The minimum absolute atomic E-state index is 0.350. The van der Waals surface area contributed by atoms with Gasteiger partial charge in [-0.2, -0.15) is 15.0 Å². The zero-order chi connectivity index (χ0) is 15.2. The lowest BCUT2D eigenvalue weighted by molar-refractivity contribution is 0.783. The van der Waals surface area contributed by atoms with Gasteiger partial charge in [-0.3, -0.25) is 5.43 Å². The molecule has 0 atom stereocenters. The summed E-state index contributed by atoms with van der Waals surface area (Å²) in [5.41, 5.74) is 2.48. The van der Waals surface area contributed by atoms with Crippen molar-refractivity contribution in [3.8, 4) is 0 Å². The van der Waals surface area contributed by atoms with E-state index in [4.69, 9.17) is 17.4 Å². The zero-order valence-electron chi connectivity index (χ0n) is 11.9. The monoisotopic (exact) mass is 324 g/mol. The van der Waals surface area contributed by atoms with Crippen molar-refractivity contribution in [2.45, 2.75) is 23.9 Å². The molecule has 0 unspecified atom stereocenters. The smallest absolute Gasteiger partial charge is 0.242 e. The van der Waals surface area contributed by atoms with Crippen molar-refractivity contribution >= 4 is 35.3 Å². The highest BCUT2D eigenvalue weighted by Crippen LogP contribution is 2.27. The van der Waals surface area contributed by atoms with Crippen LogP contribution < -0.4 is 16.2 Å². The first-order chi connectivity index (χ1) is 10.2. The van der Waals surface area contributed by atoms with E-state index in [0.29, 0.717) is 22.1 Å². The largest absolute Gasteiger partial charge is 0.341 e. The number of halogens is 1. The number of anilines is 2. The molecule has 0 saturated carbocycles. The van der Waals surface area contributed by atoms with Gasteiger partial charge >= 0.3 is 0 Å². The number of benzene rings is 1. The van der Waals surface area contributed by atoms with E-state index in [1.165, 1.54) is 11.8 Å². The Balaban J connectivity index is 2.29. The van der Waals surface area contributed by atoms with Crippen molar-refractivity contribution in [2.75, 3.05) is 23.4 Å². The number of nitrogens with zero attached hydrogens (tertiary/aromatic N) is 4. The lowest BCUT2D eigenvalue weighted by Crippen LogP contribution is -2.25. The van der Waals surface area contributed by atoms with Crippen LogP contribution in [-0.2, 0) is 0 Å². The summed E-state index contributed by atoms with van der Waals surface area (Å²) in [6.45, 7) is 5.73. The standard InChI is InChI=1S/C13H17ClN6S/c1-3-20(4-2)12-16-11(19-15)17-13(18-12)21-10-7-5-9(14)6-8-10/h5-8H,3-4,15H2,1-2H3,(H,16,17,18,19). The average Bonchev–Trinajstić information content (AvgIpc) is 2.50. The van der Waals surface area contributed by atoms with Gasteiger partial charge < -0.3 is 4.90 Å². The molecule has 21 heavy (non-hydrogen) atoms. The normalized spacial score (nSPS) is 10.5. The van der Waals surface area contributed by atoms with Gasteiger partial charge in [-0.05, 0) is 49.9 Å². The molecular weight excluding hydrogens is 308 g/mol. The number of nitrogen functional groups attached to an aromatic ring is 1. The fourth-order valence-corrected chi connectivity index (χ4v) is 2.58. The summed E-state index contributed by atoms with van der Waals surface area (Å²) >= 11 is 7.32. The molecule has 0 aliphatic carbocycles. The van der Waals surface area contributed by atoms with Crippen LogP contribution in [-0.4, -0.2) is 28.0 Å². The van der Waals surface area contributed by atoms with Gasteiger partial charge in [0.25, 0.3) is 0 Å². The van der Waals surface area contributed by atoms with Crippen LogP contribution in [0.25, 0.3) is 0 Å². The van der Waals surface area contributed by atoms with Gasteiger partial charge in [0, 0.05) is 23.0 Å². The maximum Gasteiger partial charge on any atom is 0.242 e. The van der Waals surface area contributed by atoms with Gasteiger partial charge in [-0.1, -0.05) is 11.6 Å². The average molecular weight is 325 g/mol. The highest BCUT2D eigenvalue weighted by Gasteiger charge is 2.11. The maximum atomic E-state index is 5.88. The molecule has 0 bridgehead atoms. The Morgan fingerprint density at radius 1 is 1.14 bits per heavy atom. The summed E-state index contributed by atoms with van der Waals surface area (Å²) in [4.78, 5) is 16.1. The Kier molecular flexibility index (Phi) is 5.60. The highest BCUT2D eigenvalue weighted by atomic mass is 35.5. The Morgan fingerprint density at radius 2 is 1.81 bits per heavy atom. The molecule has 2 rings (SSSR count). The van der Waals surface area contributed by atoms with Crippen LogP contribution in [0.15, 0.2) is 34.3 Å². The van der Waals surface area contributed by atoms with Gasteiger partial charge in [0.15, 0.2) is 5.16 Å². The molecular formula is C13H17ClN6S. The number of hydrogen-bond acceptors (Lipinski definition) is 7. The Bertz CT molecular complexity index is 588. The van der Waals surface area contributed by atoms with Crippen molar-refractivity contribution < 1.29 is 0 Å². The third-order valence-corrected chi connectivity index (χ3v) is 3.93. The molecule has 0 fully saturated rings.